The molecule has 1 aliphatic carbocycles. The number of nitrogens with zero attached hydrogens (tertiary/aromatic N) is 3. The summed E-state index contributed by atoms with van der Waals surface area (Å²) in [6.07, 6.45) is 4.72. The van der Waals surface area contributed by atoms with E-state index in [1.54, 1.807) is 46.2 Å². The molecule has 0 N–H and O–H groups in total. The van der Waals surface area contributed by atoms with E-state index in [0.717, 1.165) is 29.5 Å². The normalized spacial score (nSPS) is 17.7. The summed E-state index contributed by atoms with van der Waals surface area (Å²) in [4.78, 5) is 46.8. The molecule has 32 heavy (non-hydrogen) atoms. The molecule has 0 saturated carbocycles. The summed E-state index contributed by atoms with van der Waals surface area (Å²) >= 11 is 3.02. The van der Waals surface area contributed by atoms with Gasteiger partial charge in [0.2, 0.25) is 0 Å². The molecule has 8 heteroatoms. The fourth-order valence-corrected chi connectivity index (χ4v) is 6.83. The number of imide groups is 1. The summed E-state index contributed by atoms with van der Waals surface area (Å²) in [6.45, 7) is 6.68. The Bertz CT molecular complexity index is 1290. The van der Waals surface area contributed by atoms with Crippen molar-refractivity contribution in [1.82, 2.24) is 14.5 Å². The topological polar surface area (TPSA) is 72.3 Å². The highest BCUT2D eigenvalue weighted by atomic mass is 32.2. The number of carbonyl (C=O) groups excluding carboxylic acids is 2. The highest BCUT2D eigenvalue weighted by Gasteiger charge is 2.34. The molecule has 1 aromatic carbocycles. The minimum Gasteiger partial charge on any atom is -0.283 e. The number of carbonyl (C=O) groups is 2. The number of thiophene rings is 1. The van der Waals surface area contributed by atoms with Crippen LogP contribution >= 0.6 is 23.1 Å². The summed E-state index contributed by atoms with van der Waals surface area (Å²) in [7, 11) is 0. The van der Waals surface area contributed by atoms with Crippen LogP contribution in [0.2, 0.25) is 0 Å². The van der Waals surface area contributed by atoms with Crippen molar-refractivity contribution in [2.24, 2.45) is 5.92 Å². The Balaban J connectivity index is 1.41. The zero-order chi connectivity index (χ0) is 22.4. The van der Waals surface area contributed by atoms with Crippen molar-refractivity contribution in [1.29, 1.82) is 0 Å². The average Bonchev–Trinajstić information content (AvgIpc) is 3.26. The second kappa shape index (κ2) is 8.33. The van der Waals surface area contributed by atoms with Crippen molar-refractivity contribution in [3.05, 3.63) is 68.8 Å². The molecule has 3 aromatic rings. The van der Waals surface area contributed by atoms with Crippen molar-refractivity contribution < 1.29 is 9.59 Å². The van der Waals surface area contributed by atoms with E-state index in [-0.39, 0.29) is 23.9 Å². The summed E-state index contributed by atoms with van der Waals surface area (Å²) in [5.74, 6) is 0.554. The van der Waals surface area contributed by atoms with Gasteiger partial charge >= 0.3 is 0 Å². The van der Waals surface area contributed by atoms with Crippen LogP contribution in [-0.2, 0) is 19.4 Å². The minimum absolute atomic E-state index is 0.0230. The highest BCUT2D eigenvalue weighted by molar-refractivity contribution is 7.99. The number of aryl methyl sites for hydroxylation is 1. The molecule has 0 radical (unpaired) electrons. The molecule has 0 bridgehead atoms. The fraction of sp³-hybridized carbons (Fsp3) is 0.333. The second-order valence-electron chi connectivity index (χ2n) is 8.29. The molecule has 1 atom stereocenters. The SMILES string of the molecule is C=CCn1c(SCCN2C(=O)c3ccccc3C2=O)nc2sc3c(c2c1=O)CCC(C)C3. The van der Waals surface area contributed by atoms with E-state index in [1.807, 2.05) is 0 Å². The van der Waals surface area contributed by atoms with Gasteiger partial charge in [0.05, 0.1) is 16.5 Å². The van der Waals surface area contributed by atoms with E-state index in [4.69, 9.17) is 4.98 Å². The second-order valence-corrected chi connectivity index (χ2v) is 10.4. The van der Waals surface area contributed by atoms with Crippen LogP contribution in [0, 0.1) is 5.92 Å². The van der Waals surface area contributed by atoms with Crippen molar-refractivity contribution in [3.63, 3.8) is 0 Å². The monoisotopic (exact) mass is 465 g/mol. The Kier molecular flexibility index (Phi) is 5.51. The number of thioether (sulfide) groups is 1. The summed E-state index contributed by atoms with van der Waals surface area (Å²) < 4.78 is 1.66. The predicted octanol–water partition coefficient (Wildman–Crippen LogP) is 4.16. The molecule has 164 valence electrons. The van der Waals surface area contributed by atoms with Crippen LogP contribution in [-0.4, -0.2) is 38.6 Å². The van der Waals surface area contributed by atoms with E-state index in [0.29, 0.717) is 34.5 Å². The Hall–Kier alpha value is -2.71. The van der Waals surface area contributed by atoms with E-state index in [1.165, 1.54) is 27.1 Å². The zero-order valence-corrected chi connectivity index (χ0v) is 19.4. The van der Waals surface area contributed by atoms with Gasteiger partial charge in [-0.2, -0.15) is 0 Å². The molecule has 6 nitrogen and oxygen atoms in total. The number of aromatic nitrogens is 2. The third-order valence-corrected chi connectivity index (χ3v) is 8.22. The molecular weight excluding hydrogens is 442 g/mol. The largest absolute Gasteiger partial charge is 0.283 e. The molecule has 1 unspecified atom stereocenters. The molecule has 0 spiro atoms. The van der Waals surface area contributed by atoms with Gasteiger partial charge < -0.3 is 0 Å². The van der Waals surface area contributed by atoms with Crippen LogP contribution < -0.4 is 5.56 Å². The van der Waals surface area contributed by atoms with Gasteiger partial charge in [0.1, 0.15) is 4.83 Å². The number of rotatable bonds is 6. The maximum absolute atomic E-state index is 13.4. The smallest absolute Gasteiger partial charge is 0.263 e. The van der Waals surface area contributed by atoms with Crippen LogP contribution in [0.15, 0.2) is 46.9 Å². The summed E-state index contributed by atoms with van der Waals surface area (Å²) in [6, 6.07) is 6.88. The van der Waals surface area contributed by atoms with Gasteiger partial charge in [-0.3, -0.25) is 23.9 Å². The van der Waals surface area contributed by atoms with Gasteiger partial charge in [0.25, 0.3) is 17.4 Å². The summed E-state index contributed by atoms with van der Waals surface area (Å²) in [5.41, 5.74) is 2.04. The molecule has 2 amide bonds. The zero-order valence-electron chi connectivity index (χ0n) is 17.8. The van der Waals surface area contributed by atoms with Gasteiger partial charge in [-0.1, -0.05) is 36.9 Å². The molecule has 1 aliphatic heterocycles. The quantitative estimate of drug-likeness (QED) is 0.237. The van der Waals surface area contributed by atoms with E-state index in [9.17, 15) is 14.4 Å². The lowest BCUT2D eigenvalue weighted by Gasteiger charge is -2.17. The standard InChI is InChI=1S/C24H23N3O3S2/c1-3-10-27-23(30)19-17-9-8-14(2)13-18(17)32-20(19)25-24(27)31-12-11-26-21(28)15-6-4-5-7-16(15)22(26)29/h3-7,14H,1,8-13H2,2H3. The van der Waals surface area contributed by atoms with Crippen LogP contribution in [0.25, 0.3) is 10.2 Å². The number of amides is 2. The molecule has 2 aromatic heterocycles. The number of fused-ring (bicyclic) bond motifs is 4. The van der Waals surface area contributed by atoms with Crippen LogP contribution in [0.5, 0.6) is 0 Å². The van der Waals surface area contributed by atoms with Crippen molar-refractivity contribution in [2.45, 2.75) is 37.9 Å². The lowest BCUT2D eigenvalue weighted by Crippen LogP contribution is -2.32. The Morgan fingerprint density at radius 2 is 1.94 bits per heavy atom. The van der Waals surface area contributed by atoms with E-state index in [2.05, 4.69) is 13.5 Å². The molecule has 2 aliphatic rings. The maximum Gasteiger partial charge on any atom is 0.263 e. The van der Waals surface area contributed by atoms with Crippen molar-refractivity contribution in [3.8, 4) is 0 Å². The van der Waals surface area contributed by atoms with Gasteiger partial charge in [0, 0.05) is 23.7 Å². The first-order valence-electron chi connectivity index (χ1n) is 10.7. The third-order valence-electron chi connectivity index (χ3n) is 6.12. The van der Waals surface area contributed by atoms with Gasteiger partial charge in [-0.25, -0.2) is 4.98 Å². The van der Waals surface area contributed by atoms with Crippen LogP contribution in [0.4, 0.5) is 0 Å². The van der Waals surface area contributed by atoms with Crippen LogP contribution in [0.1, 0.15) is 44.5 Å². The van der Waals surface area contributed by atoms with Crippen molar-refractivity contribution >= 4 is 45.1 Å². The Morgan fingerprint density at radius 1 is 1.22 bits per heavy atom. The average molecular weight is 466 g/mol. The third kappa shape index (κ3) is 3.42. The highest BCUT2D eigenvalue weighted by Crippen LogP contribution is 2.36. The number of allylic oxidation sites excluding steroid dienone is 1. The number of benzene rings is 1. The first kappa shape index (κ1) is 21.2. The molecule has 3 heterocycles. The van der Waals surface area contributed by atoms with Crippen LogP contribution in [0.3, 0.4) is 0 Å². The summed E-state index contributed by atoms with van der Waals surface area (Å²) in [5, 5.41) is 1.36. The Labute approximate surface area is 194 Å². The Morgan fingerprint density at radius 3 is 2.62 bits per heavy atom. The first-order valence-corrected chi connectivity index (χ1v) is 12.5. The van der Waals surface area contributed by atoms with Crippen molar-refractivity contribution in [2.75, 3.05) is 12.3 Å². The number of hydrogen-bond donors (Lipinski definition) is 0. The van der Waals surface area contributed by atoms with Gasteiger partial charge in [-0.05, 0) is 42.9 Å². The molecular formula is C24H23N3O3S2. The van der Waals surface area contributed by atoms with E-state index < -0.39 is 0 Å². The first-order chi connectivity index (χ1) is 15.5. The minimum atomic E-state index is -0.266. The molecule has 5 rings (SSSR count). The van der Waals surface area contributed by atoms with Gasteiger partial charge in [-0.15, -0.1) is 17.9 Å². The lowest BCUT2D eigenvalue weighted by atomic mass is 9.89. The van der Waals surface area contributed by atoms with E-state index >= 15 is 0 Å². The lowest BCUT2D eigenvalue weighted by molar-refractivity contribution is 0.0664. The number of hydrogen-bond acceptors (Lipinski definition) is 6. The molecule has 0 saturated heterocycles. The molecule has 0 fully saturated rings. The van der Waals surface area contributed by atoms with Gasteiger partial charge in [0.15, 0.2) is 5.16 Å². The fourth-order valence-electron chi connectivity index (χ4n) is 4.48. The predicted molar refractivity (Wildman–Crippen MR) is 128 cm³/mol. The maximum atomic E-state index is 13.4.